The molecule has 0 fully saturated rings. The van der Waals surface area contributed by atoms with Gasteiger partial charge in [-0.25, -0.2) is 0 Å². The topological polar surface area (TPSA) is 40.6 Å². The van der Waals surface area contributed by atoms with Gasteiger partial charge in [0, 0.05) is 19.7 Å². The van der Waals surface area contributed by atoms with Gasteiger partial charge in [-0.3, -0.25) is 14.5 Å². The van der Waals surface area contributed by atoms with Gasteiger partial charge in [0.15, 0.2) is 5.78 Å². The fourth-order valence-corrected chi connectivity index (χ4v) is 2.35. The van der Waals surface area contributed by atoms with Crippen molar-refractivity contribution >= 4 is 11.7 Å². The Morgan fingerprint density at radius 2 is 1.71 bits per heavy atom. The van der Waals surface area contributed by atoms with Crippen LogP contribution in [0.25, 0.3) is 0 Å². The van der Waals surface area contributed by atoms with Crippen molar-refractivity contribution in [2.75, 3.05) is 27.2 Å². The van der Waals surface area contributed by atoms with E-state index >= 15 is 0 Å². The molecule has 0 saturated heterocycles. The molecule has 0 heterocycles. The third-order valence-corrected chi connectivity index (χ3v) is 3.54. The van der Waals surface area contributed by atoms with Gasteiger partial charge in [0.1, 0.15) is 0 Å². The van der Waals surface area contributed by atoms with E-state index in [-0.39, 0.29) is 24.3 Å². The van der Waals surface area contributed by atoms with Crippen LogP contribution < -0.4 is 0 Å². The normalized spacial score (nSPS) is 12.2. The summed E-state index contributed by atoms with van der Waals surface area (Å²) < 4.78 is 0. The molecule has 0 N–H and O–H groups in total. The monoisotopic (exact) mass is 290 g/mol. The summed E-state index contributed by atoms with van der Waals surface area (Å²) in [7, 11) is 3.48. The summed E-state index contributed by atoms with van der Waals surface area (Å²) in [6, 6.07) is 9.07. The summed E-state index contributed by atoms with van der Waals surface area (Å²) in [5.74, 6) is 0.126. The summed E-state index contributed by atoms with van der Waals surface area (Å²) in [6.07, 6.45) is 1.62. The van der Waals surface area contributed by atoms with Crippen LogP contribution in [-0.4, -0.2) is 54.7 Å². The van der Waals surface area contributed by atoms with Crippen LogP contribution in [0.2, 0.25) is 0 Å². The number of rotatable bonds is 8. The largest absolute Gasteiger partial charge is 0.348 e. The lowest BCUT2D eigenvalue weighted by molar-refractivity contribution is -0.130. The summed E-state index contributed by atoms with van der Waals surface area (Å²) in [5, 5.41) is 0. The first kappa shape index (κ1) is 17.4. The summed E-state index contributed by atoms with van der Waals surface area (Å²) in [4.78, 5) is 28.2. The number of hydrogen-bond acceptors (Lipinski definition) is 3. The molecule has 0 bridgehead atoms. The van der Waals surface area contributed by atoms with Gasteiger partial charge in [-0.05, 0) is 19.4 Å². The highest BCUT2D eigenvalue weighted by Gasteiger charge is 2.26. The first-order chi connectivity index (χ1) is 10.0. The molecule has 0 aromatic heterocycles. The van der Waals surface area contributed by atoms with E-state index in [0.717, 1.165) is 13.0 Å². The first-order valence-electron chi connectivity index (χ1n) is 7.54. The number of likely N-dealkylation sites (N-methyl/N-ethyl adjacent to an activating group) is 1. The lowest BCUT2D eigenvalue weighted by Crippen LogP contribution is -2.46. The van der Waals surface area contributed by atoms with Crippen LogP contribution >= 0.6 is 0 Å². The Labute approximate surface area is 127 Å². The van der Waals surface area contributed by atoms with Crippen molar-refractivity contribution in [3.8, 4) is 0 Å². The second-order valence-electron chi connectivity index (χ2n) is 5.41. The van der Waals surface area contributed by atoms with Gasteiger partial charge in [0.05, 0.1) is 12.6 Å². The molecule has 4 heteroatoms. The molecule has 1 unspecified atom stereocenters. The molecule has 1 atom stereocenters. The minimum Gasteiger partial charge on any atom is -0.348 e. The predicted molar refractivity (Wildman–Crippen MR) is 85.4 cm³/mol. The van der Waals surface area contributed by atoms with Crippen LogP contribution in [0.15, 0.2) is 30.3 Å². The van der Waals surface area contributed by atoms with E-state index in [1.807, 2.05) is 42.2 Å². The van der Waals surface area contributed by atoms with Crippen molar-refractivity contribution in [1.82, 2.24) is 9.80 Å². The molecule has 0 aliphatic rings. The number of amides is 1. The van der Waals surface area contributed by atoms with Crippen LogP contribution in [-0.2, 0) is 4.79 Å². The molecule has 0 radical (unpaired) electrons. The van der Waals surface area contributed by atoms with E-state index in [0.29, 0.717) is 12.0 Å². The number of nitrogens with zero attached hydrogens (tertiary/aromatic N) is 2. The van der Waals surface area contributed by atoms with Gasteiger partial charge >= 0.3 is 0 Å². The van der Waals surface area contributed by atoms with E-state index in [9.17, 15) is 9.59 Å². The highest BCUT2D eigenvalue weighted by Crippen LogP contribution is 2.13. The SMILES string of the molecule is CCCN(CC(=O)N(C)C)C(CC)C(=O)c1ccccc1. The van der Waals surface area contributed by atoms with Crippen molar-refractivity contribution in [2.45, 2.75) is 32.7 Å². The molecule has 0 aliphatic carbocycles. The summed E-state index contributed by atoms with van der Waals surface area (Å²) in [6.45, 7) is 5.09. The van der Waals surface area contributed by atoms with Gasteiger partial charge in [-0.1, -0.05) is 44.2 Å². The predicted octanol–water partition coefficient (Wildman–Crippen LogP) is 2.45. The number of hydrogen-bond donors (Lipinski definition) is 0. The number of benzene rings is 1. The van der Waals surface area contributed by atoms with Crippen LogP contribution in [0.1, 0.15) is 37.0 Å². The summed E-state index contributed by atoms with van der Waals surface area (Å²) >= 11 is 0. The van der Waals surface area contributed by atoms with Crippen molar-refractivity contribution in [3.63, 3.8) is 0 Å². The van der Waals surface area contributed by atoms with E-state index in [1.54, 1.807) is 19.0 Å². The highest BCUT2D eigenvalue weighted by molar-refractivity contribution is 6.00. The second kappa shape index (κ2) is 8.57. The Balaban J connectivity index is 2.91. The summed E-state index contributed by atoms with van der Waals surface area (Å²) in [5.41, 5.74) is 0.711. The number of carbonyl (C=O) groups is 2. The van der Waals surface area contributed by atoms with E-state index in [2.05, 4.69) is 6.92 Å². The van der Waals surface area contributed by atoms with E-state index in [1.165, 1.54) is 0 Å². The quantitative estimate of drug-likeness (QED) is 0.691. The molecular weight excluding hydrogens is 264 g/mol. The fourth-order valence-electron chi connectivity index (χ4n) is 2.35. The van der Waals surface area contributed by atoms with E-state index in [4.69, 9.17) is 0 Å². The van der Waals surface area contributed by atoms with Crippen molar-refractivity contribution in [2.24, 2.45) is 0 Å². The van der Waals surface area contributed by atoms with Gasteiger partial charge in [-0.15, -0.1) is 0 Å². The number of carbonyl (C=O) groups excluding carboxylic acids is 2. The van der Waals surface area contributed by atoms with Crippen LogP contribution in [0.4, 0.5) is 0 Å². The highest BCUT2D eigenvalue weighted by atomic mass is 16.2. The zero-order valence-corrected chi connectivity index (χ0v) is 13.5. The zero-order valence-electron chi connectivity index (χ0n) is 13.5. The lowest BCUT2D eigenvalue weighted by Gasteiger charge is -2.30. The molecule has 0 aliphatic heterocycles. The smallest absolute Gasteiger partial charge is 0.236 e. The van der Waals surface area contributed by atoms with Gasteiger partial charge in [0.25, 0.3) is 0 Å². The molecule has 1 aromatic rings. The van der Waals surface area contributed by atoms with Crippen molar-refractivity contribution in [3.05, 3.63) is 35.9 Å². The standard InChI is InChI=1S/C17H26N2O2/c1-5-12-19(13-16(20)18(3)4)15(6-2)17(21)14-10-8-7-9-11-14/h7-11,15H,5-6,12-13H2,1-4H3. The number of Topliss-reactive ketones (excluding diaryl/α,β-unsaturated/α-hetero) is 1. The molecule has 21 heavy (non-hydrogen) atoms. The Morgan fingerprint density at radius 3 is 2.19 bits per heavy atom. The molecule has 1 amide bonds. The molecule has 0 spiro atoms. The van der Waals surface area contributed by atoms with E-state index < -0.39 is 0 Å². The Kier molecular flexibility index (Phi) is 7.09. The maximum Gasteiger partial charge on any atom is 0.236 e. The molecule has 4 nitrogen and oxygen atoms in total. The third-order valence-electron chi connectivity index (χ3n) is 3.54. The van der Waals surface area contributed by atoms with Crippen molar-refractivity contribution < 1.29 is 9.59 Å². The minimum atomic E-state index is -0.240. The fraction of sp³-hybridized carbons (Fsp3) is 0.529. The first-order valence-corrected chi connectivity index (χ1v) is 7.54. The maximum absolute atomic E-state index is 12.7. The zero-order chi connectivity index (χ0) is 15.8. The van der Waals surface area contributed by atoms with Crippen LogP contribution in [0.3, 0.4) is 0 Å². The van der Waals surface area contributed by atoms with Gasteiger partial charge < -0.3 is 4.90 Å². The van der Waals surface area contributed by atoms with Gasteiger partial charge in [0.2, 0.25) is 5.91 Å². The second-order valence-corrected chi connectivity index (χ2v) is 5.41. The molecular formula is C17H26N2O2. The lowest BCUT2D eigenvalue weighted by atomic mass is 10.0. The number of ketones is 1. The average Bonchev–Trinajstić information content (AvgIpc) is 2.48. The third kappa shape index (κ3) is 4.97. The molecule has 1 rings (SSSR count). The Bertz CT molecular complexity index is 457. The average molecular weight is 290 g/mol. The Morgan fingerprint density at radius 1 is 1.10 bits per heavy atom. The van der Waals surface area contributed by atoms with Crippen LogP contribution in [0.5, 0.6) is 0 Å². The van der Waals surface area contributed by atoms with Gasteiger partial charge in [-0.2, -0.15) is 0 Å². The molecule has 1 aromatic carbocycles. The maximum atomic E-state index is 12.7. The van der Waals surface area contributed by atoms with Crippen LogP contribution in [0, 0.1) is 0 Å². The van der Waals surface area contributed by atoms with Crippen molar-refractivity contribution in [1.29, 1.82) is 0 Å². The molecule has 0 saturated carbocycles. The molecule has 116 valence electrons. The Hall–Kier alpha value is -1.68. The minimum absolute atomic E-state index is 0.0303.